The highest BCUT2D eigenvalue weighted by Gasteiger charge is 1.94. The van der Waals surface area contributed by atoms with Gasteiger partial charge in [0, 0.05) is 17.1 Å². The minimum Gasteiger partial charge on any atom is -0.361 e. The first-order valence-corrected chi connectivity index (χ1v) is 6.11. The molecule has 1 aliphatic heterocycles. The summed E-state index contributed by atoms with van der Waals surface area (Å²) >= 11 is 0. The minimum atomic E-state index is 1.22. The van der Waals surface area contributed by atoms with Crippen LogP contribution < -0.4 is 5.32 Å². The number of piperidine rings is 1. The summed E-state index contributed by atoms with van der Waals surface area (Å²) in [5.74, 6) is 0. The maximum Gasteiger partial charge on any atom is 0.0456 e. The van der Waals surface area contributed by atoms with Crippen molar-refractivity contribution in [2.24, 2.45) is 0 Å². The second-order valence-electron chi connectivity index (χ2n) is 4.33. The zero-order valence-corrected chi connectivity index (χ0v) is 9.92. The molecule has 86 valence electrons. The standard InChI is InChI=1S/C9H9N.C5H11N/c1-7-6-10-9-5-3-2-4-8(7)9;1-2-4-6-5-3-1/h2-6,10H,1H3;6H,1-5H2. The fraction of sp³-hybridized carbons (Fsp3) is 0.429. The van der Waals surface area contributed by atoms with E-state index in [4.69, 9.17) is 0 Å². The average Bonchev–Trinajstić information content (AvgIpc) is 2.75. The maximum absolute atomic E-state index is 3.28. The Bertz CT molecular complexity index is 415. The lowest BCUT2D eigenvalue weighted by molar-refractivity contribution is 0.520. The summed E-state index contributed by atoms with van der Waals surface area (Å²) in [6, 6.07) is 8.31. The predicted octanol–water partition coefficient (Wildman–Crippen LogP) is 3.24. The molecule has 1 fully saturated rings. The highest BCUT2D eigenvalue weighted by Crippen LogP contribution is 2.15. The van der Waals surface area contributed by atoms with E-state index in [0.717, 1.165) is 0 Å². The van der Waals surface area contributed by atoms with E-state index in [-0.39, 0.29) is 0 Å². The highest BCUT2D eigenvalue weighted by atomic mass is 14.9. The molecule has 1 aromatic heterocycles. The fourth-order valence-electron chi connectivity index (χ4n) is 2.02. The van der Waals surface area contributed by atoms with Crippen LogP contribution in [0.15, 0.2) is 30.5 Å². The van der Waals surface area contributed by atoms with Crippen molar-refractivity contribution in [3.8, 4) is 0 Å². The van der Waals surface area contributed by atoms with E-state index >= 15 is 0 Å². The van der Waals surface area contributed by atoms with E-state index in [0.29, 0.717) is 0 Å². The van der Waals surface area contributed by atoms with E-state index in [2.05, 4.69) is 35.4 Å². The van der Waals surface area contributed by atoms with Crippen molar-refractivity contribution < 1.29 is 0 Å². The molecule has 0 saturated carbocycles. The van der Waals surface area contributed by atoms with Gasteiger partial charge in [0.25, 0.3) is 0 Å². The second kappa shape index (κ2) is 5.71. The van der Waals surface area contributed by atoms with Crippen LogP contribution in [0.4, 0.5) is 0 Å². The molecule has 2 heterocycles. The number of hydrogen-bond acceptors (Lipinski definition) is 1. The Hall–Kier alpha value is -1.28. The Morgan fingerprint density at radius 3 is 2.31 bits per heavy atom. The fourth-order valence-corrected chi connectivity index (χ4v) is 2.02. The Kier molecular flexibility index (Phi) is 4.00. The second-order valence-corrected chi connectivity index (χ2v) is 4.33. The van der Waals surface area contributed by atoms with E-state index in [1.807, 2.05) is 12.3 Å². The first kappa shape index (κ1) is 11.2. The molecule has 3 rings (SSSR count). The molecule has 2 nitrogen and oxygen atoms in total. The molecule has 0 amide bonds. The number of para-hydroxylation sites is 1. The topological polar surface area (TPSA) is 27.8 Å². The van der Waals surface area contributed by atoms with Crippen molar-refractivity contribution in [3.05, 3.63) is 36.0 Å². The number of aromatic amines is 1. The summed E-state index contributed by atoms with van der Waals surface area (Å²) in [5, 5.41) is 4.61. The smallest absolute Gasteiger partial charge is 0.0456 e. The molecule has 0 aliphatic carbocycles. The maximum atomic E-state index is 3.28. The van der Waals surface area contributed by atoms with Crippen LogP contribution in [0.2, 0.25) is 0 Å². The van der Waals surface area contributed by atoms with E-state index < -0.39 is 0 Å². The molecule has 2 N–H and O–H groups in total. The first-order valence-electron chi connectivity index (χ1n) is 6.11. The van der Waals surface area contributed by atoms with Gasteiger partial charge in [-0.15, -0.1) is 0 Å². The van der Waals surface area contributed by atoms with Crippen LogP contribution in [0, 0.1) is 6.92 Å². The van der Waals surface area contributed by atoms with Crippen molar-refractivity contribution in [1.82, 2.24) is 10.3 Å². The highest BCUT2D eigenvalue weighted by molar-refractivity contribution is 5.82. The predicted molar refractivity (Wildman–Crippen MR) is 69.8 cm³/mol. The van der Waals surface area contributed by atoms with Gasteiger partial charge in [0.15, 0.2) is 0 Å². The summed E-state index contributed by atoms with van der Waals surface area (Å²) in [6.07, 6.45) is 6.25. The van der Waals surface area contributed by atoms with Crippen molar-refractivity contribution in [1.29, 1.82) is 0 Å². The van der Waals surface area contributed by atoms with Crippen molar-refractivity contribution in [2.45, 2.75) is 26.2 Å². The molecule has 0 bridgehead atoms. The van der Waals surface area contributed by atoms with Gasteiger partial charge in [-0.1, -0.05) is 24.6 Å². The molecule has 0 atom stereocenters. The number of H-pyrrole nitrogens is 1. The van der Waals surface area contributed by atoms with E-state index in [1.54, 1.807) is 0 Å². The number of nitrogens with one attached hydrogen (secondary N) is 2. The third-order valence-electron chi connectivity index (χ3n) is 3.00. The number of aryl methyl sites for hydroxylation is 1. The van der Waals surface area contributed by atoms with Crippen molar-refractivity contribution in [3.63, 3.8) is 0 Å². The first-order chi connectivity index (χ1) is 7.88. The van der Waals surface area contributed by atoms with Gasteiger partial charge in [0.05, 0.1) is 0 Å². The summed E-state index contributed by atoms with van der Waals surface area (Å²) in [5.41, 5.74) is 2.54. The van der Waals surface area contributed by atoms with Crippen molar-refractivity contribution in [2.75, 3.05) is 13.1 Å². The Labute approximate surface area is 97.1 Å². The van der Waals surface area contributed by atoms with Crippen LogP contribution in [0.3, 0.4) is 0 Å². The third-order valence-corrected chi connectivity index (χ3v) is 3.00. The largest absolute Gasteiger partial charge is 0.361 e. The van der Waals surface area contributed by atoms with Gasteiger partial charge in [-0.25, -0.2) is 0 Å². The lowest BCUT2D eigenvalue weighted by Gasteiger charge is -2.08. The summed E-state index contributed by atoms with van der Waals surface area (Å²) in [7, 11) is 0. The third kappa shape index (κ3) is 2.86. The zero-order valence-electron chi connectivity index (χ0n) is 9.92. The summed E-state index contributed by atoms with van der Waals surface area (Å²) < 4.78 is 0. The monoisotopic (exact) mass is 216 g/mol. The molecule has 1 aliphatic rings. The van der Waals surface area contributed by atoms with Gasteiger partial charge in [-0.2, -0.15) is 0 Å². The Balaban J connectivity index is 0.000000138. The SMILES string of the molecule is C1CCNCC1.Cc1c[nH]c2ccccc12. The molecule has 0 spiro atoms. The van der Waals surface area contributed by atoms with Gasteiger partial charge in [0.1, 0.15) is 0 Å². The summed E-state index contributed by atoms with van der Waals surface area (Å²) in [6.45, 7) is 4.61. The summed E-state index contributed by atoms with van der Waals surface area (Å²) in [4.78, 5) is 3.19. The van der Waals surface area contributed by atoms with Crippen LogP contribution in [-0.4, -0.2) is 18.1 Å². The molecule has 16 heavy (non-hydrogen) atoms. The lowest BCUT2D eigenvalue weighted by Crippen LogP contribution is -2.21. The number of fused-ring (bicyclic) bond motifs is 1. The van der Waals surface area contributed by atoms with Gasteiger partial charge in [-0.05, 0) is 44.5 Å². The van der Waals surface area contributed by atoms with Gasteiger partial charge in [0.2, 0.25) is 0 Å². The van der Waals surface area contributed by atoms with E-state index in [1.165, 1.54) is 48.8 Å². The van der Waals surface area contributed by atoms with Gasteiger partial charge >= 0.3 is 0 Å². The van der Waals surface area contributed by atoms with Gasteiger partial charge in [-0.3, -0.25) is 0 Å². The number of benzene rings is 1. The molecule has 0 radical (unpaired) electrons. The van der Waals surface area contributed by atoms with Crippen LogP contribution in [0.1, 0.15) is 24.8 Å². The molecule has 2 aromatic rings. The normalized spacial score (nSPS) is 15.6. The van der Waals surface area contributed by atoms with Crippen LogP contribution in [0.5, 0.6) is 0 Å². The Morgan fingerprint density at radius 1 is 1.00 bits per heavy atom. The van der Waals surface area contributed by atoms with Crippen LogP contribution in [-0.2, 0) is 0 Å². The van der Waals surface area contributed by atoms with Crippen LogP contribution >= 0.6 is 0 Å². The van der Waals surface area contributed by atoms with Gasteiger partial charge < -0.3 is 10.3 Å². The lowest BCUT2D eigenvalue weighted by atomic mass is 10.2. The molecule has 1 saturated heterocycles. The molecular formula is C14H20N2. The van der Waals surface area contributed by atoms with Crippen molar-refractivity contribution >= 4 is 10.9 Å². The Morgan fingerprint density at radius 2 is 1.75 bits per heavy atom. The number of rotatable bonds is 0. The molecule has 2 heteroatoms. The quantitative estimate of drug-likeness (QED) is 0.695. The molecule has 1 aromatic carbocycles. The number of aromatic nitrogens is 1. The van der Waals surface area contributed by atoms with Crippen LogP contribution in [0.25, 0.3) is 10.9 Å². The molecular weight excluding hydrogens is 196 g/mol. The minimum absolute atomic E-state index is 1.22. The number of hydrogen-bond donors (Lipinski definition) is 2. The van der Waals surface area contributed by atoms with E-state index in [9.17, 15) is 0 Å². The zero-order chi connectivity index (χ0) is 11.2. The molecule has 0 unspecified atom stereocenters. The average molecular weight is 216 g/mol.